The summed E-state index contributed by atoms with van der Waals surface area (Å²) < 4.78 is 6.11. The molecule has 0 saturated carbocycles. The lowest BCUT2D eigenvalue weighted by Crippen LogP contribution is -2.11. The zero-order chi connectivity index (χ0) is 17.4. The number of ether oxygens (including phenoxy) is 1. The monoisotopic (exact) mass is 465 g/mol. The first-order valence-electron chi connectivity index (χ1n) is 7.34. The van der Waals surface area contributed by atoms with Crippen LogP contribution in [-0.2, 0) is 5.75 Å². The largest absolute Gasteiger partial charge is 0.481 e. The Balaban J connectivity index is 1.59. The molecule has 0 radical (unpaired) electrons. The molecule has 0 unspecified atom stereocenters. The van der Waals surface area contributed by atoms with Crippen molar-refractivity contribution in [2.45, 2.75) is 10.9 Å². The van der Waals surface area contributed by atoms with E-state index in [-0.39, 0.29) is 5.56 Å². The van der Waals surface area contributed by atoms with Gasteiger partial charge in [0.25, 0.3) is 5.56 Å². The Bertz CT molecular complexity index is 1140. The number of hydrogen-bond acceptors (Lipinski definition) is 6. The van der Waals surface area contributed by atoms with Crippen molar-refractivity contribution in [3.63, 3.8) is 0 Å². The molecule has 0 aliphatic rings. The lowest BCUT2D eigenvalue weighted by atomic mass is 10.2. The predicted molar refractivity (Wildman–Crippen MR) is 105 cm³/mol. The van der Waals surface area contributed by atoms with Gasteiger partial charge >= 0.3 is 0 Å². The molecule has 1 aromatic carbocycles. The van der Waals surface area contributed by atoms with Crippen molar-refractivity contribution in [3.8, 4) is 5.88 Å². The van der Waals surface area contributed by atoms with Crippen LogP contribution in [0.5, 0.6) is 5.88 Å². The van der Waals surface area contributed by atoms with E-state index < -0.39 is 0 Å². The fraction of sp³-hybridized carbons (Fsp3) is 0.125. The number of nitrogens with one attached hydrogen (secondary N) is 2. The maximum Gasteiger partial charge on any atom is 0.258 e. The van der Waals surface area contributed by atoms with Crippen molar-refractivity contribution in [2.75, 3.05) is 7.11 Å². The molecule has 2 N–H and O–H groups in total. The van der Waals surface area contributed by atoms with Gasteiger partial charge in [-0.15, -0.1) is 0 Å². The molecule has 9 heteroatoms. The van der Waals surface area contributed by atoms with Crippen LogP contribution in [0.3, 0.4) is 0 Å². The van der Waals surface area contributed by atoms with Gasteiger partial charge in [-0.2, -0.15) is 4.98 Å². The molecule has 0 amide bonds. The molecule has 7 nitrogen and oxygen atoms in total. The highest BCUT2D eigenvalue weighted by Gasteiger charge is 2.09. The maximum absolute atomic E-state index is 12.2. The molecule has 126 valence electrons. The van der Waals surface area contributed by atoms with E-state index in [2.05, 4.69) is 47.5 Å². The van der Waals surface area contributed by atoms with E-state index >= 15 is 0 Å². The van der Waals surface area contributed by atoms with E-state index in [4.69, 9.17) is 4.74 Å². The summed E-state index contributed by atoms with van der Waals surface area (Å²) in [7, 11) is 1.57. The summed E-state index contributed by atoms with van der Waals surface area (Å²) in [6, 6.07) is 9.27. The number of rotatable bonds is 4. The molecule has 0 aliphatic heterocycles. The molecule has 25 heavy (non-hydrogen) atoms. The first kappa shape index (κ1) is 16.3. The van der Waals surface area contributed by atoms with Crippen LogP contribution in [0.4, 0.5) is 0 Å². The van der Waals surface area contributed by atoms with E-state index in [1.807, 2.05) is 24.3 Å². The molecule has 4 rings (SSSR count). The van der Waals surface area contributed by atoms with Gasteiger partial charge in [0.15, 0.2) is 10.8 Å². The van der Waals surface area contributed by atoms with Crippen molar-refractivity contribution in [2.24, 2.45) is 0 Å². The first-order valence-corrected chi connectivity index (χ1v) is 9.41. The second kappa shape index (κ2) is 6.64. The van der Waals surface area contributed by atoms with E-state index in [1.165, 1.54) is 11.8 Å². The van der Waals surface area contributed by atoms with Crippen molar-refractivity contribution in [1.29, 1.82) is 0 Å². The van der Waals surface area contributed by atoms with Gasteiger partial charge in [-0.05, 0) is 46.9 Å². The van der Waals surface area contributed by atoms with Crippen LogP contribution in [0.25, 0.3) is 22.1 Å². The van der Waals surface area contributed by atoms with Crippen LogP contribution in [0.1, 0.15) is 5.82 Å². The molecular formula is C16H12IN5O2S. The molecule has 3 aromatic heterocycles. The molecule has 0 aliphatic carbocycles. The molecule has 0 atom stereocenters. The fourth-order valence-electron chi connectivity index (χ4n) is 2.40. The number of pyridine rings is 1. The van der Waals surface area contributed by atoms with Crippen LogP contribution < -0.4 is 10.3 Å². The molecule has 4 aromatic rings. The number of aromatic nitrogens is 5. The standard InChI is InChI=1S/C16H12IN5O2S/c1-24-13-5-4-11-14(21-13)22-16(19-11)25-7-12-18-10-3-2-8(17)6-9(10)15(23)20-12/h2-6H,7H2,1H3,(H,18,20,23)(H,19,21,22). The molecule has 0 saturated heterocycles. The zero-order valence-corrected chi connectivity index (χ0v) is 16.0. The third-order valence-corrected chi connectivity index (χ3v) is 5.13. The number of thioether (sulfide) groups is 1. The lowest BCUT2D eigenvalue weighted by molar-refractivity contribution is 0.399. The number of methoxy groups -OCH3 is 1. The molecule has 0 spiro atoms. The fourth-order valence-corrected chi connectivity index (χ4v) is 3.63. The normalized spacial score (nSPS) is 11.3. The van der Waals surface area contributed by atoms with Crippen molar-refractivity contribution >= 4 is 56.4 Å². The average Bonchev–Trinajstić information content (AvgIpc) is 3.02. The molecule has 0 bridgehead atoms. The quantitative estimate of drug-likeness (QED) is 0.355. The predicted octanol–water partition coefficient (Wildman–Crippen LogP) is 3.10. The van der Waals surface area contributed by atoms with Gasteiger partial charge in [0, 0.05) is 9.64 Å². The van der Waals surface area contributed by atoms with Crippen molar-refractivity contribution in [3.05, 3.63) is 50.1 Å². The summed E-state index contributed by atoms with van der Waals surface area (Å²) in [6.45, 7) is 0. The second-order valence-electron chi connectivity index (χ2n) is 5.23. The summed E-state index contributed by atoms with van der Waals surface area (Å²) in [5.74, 6) is 1.62. The third kappa shape index (κ3) is 3.33. The minimum absolute atomic E-state index is 0.130. The third-order valence-electron chi connectivity index (χ3n) is 3.57. The molecule has 3 heterocycles. The summed E-state index contributed by atoms with van der Waals surface area (Å²) in [5.41, 5.74) is 1.99. The lowest BCUT2D eigenvalue weighted by Gasteiger charge is -2.02. The van der Waals surface area contributed by atoms with Gasteiger partial charge < -0.3 is 14.7 Å². The number of H-pyrrole nitrogens is 2. The number of imidazole rings is 1. The van der Waals surface area contributed by atoms with Crippen LogP contribution in [0.15, 0.2) is 40.3 Å². The Morgan fingerprint density at radius 3 is 2.88 bits per heavy atom. The Hall–Kier alpha value is -2.14. The van der Waals surface area contributed by atoms with Crippen molar-refractivity contribution < 1.29 is 4.74 Å². The highest BCUT2D eigenvalue weighted by atomic mass is 127. The average molecular weight is 465 g/mol. The topological polar surface area (TPSA) is 96.5 Å². The SMILES string of the molecule is COc1ccc2[nH]c(SCc3nc4ccc(I)cc4c(=O)[nH]3)nc2n1. The number of aromatic amines is 2. The Kier molecular flexibility index (Phi) is 4.34. The van der Waals surface area contributed by atoms with Gasteiger partial charge in [-0.25, -0.2) is 9.97 Å². The van der Waals surface area contributed by atoms with Gasteiger partial charge in [-0.3, -0.25) is 4.79 Å². The Morgan fingerprint density at radius 2 is 2.04 bits per heavy atom. The van der Waals surface area contributed by atoms with Crippen LogP contribution >= 0.6 is 34.4 Å². The molecule has 0 fully saturated rings. The Labute approximate surface area is 159 Å². The second-order valence-corrected chi connectivity index (χ2v) is 7.44. The number of benzene rings is 1. The van der Waals surface area contributed by atoms with Gasteiger partial charge in [0.2, 0.25) is 5.88 Å². The minimum Gasteiger partial charge on any atom is -0.481 e. The number of nitrogens with zero attached hydrogens (tertiary/aromatic N) is 3. The summed E-state index contributed by atoms with van der Waals surface area (Å²) >= 11 is 3.63. The van der Waals surface area contributed by atoms with E-state index in [1.54, 1.807) is 13.2 Å². The van der Waals surface area contributed by atoms with Gasteiger partial charge in [-0.1, -0.05) is 11.8 Å². The van der Waals surface area contributed by atoms with Crippen LogP contribution in [0, 0.1) is 3.57 Å². The van der Waals surface area contributed by atoms with Crippen LogP contribution in [0.2, 0.25) is 0 Å². The smallest absolute Gasteiger partial charge is 0.258 e. The van der Waals surface area contributed by atoms with Crippen LogP contribution in [-0.4, -0.2) is 32.0 Å². The van der Waals surface area contributed by atoms with E-state index in [0.717, 1.165) is 9.09 Å². The first-order chi connectivity index (χ1) is 12.1. The summed E-state index contributed by atoms with van der Waals surface area (Å²) in [5, 5.41) is 1.31. The summed E-state index contributed by atoms with van der Waals surface area (Å²) in [6.07, 6.45) is 0. The maximum atomic E-state index is 12.2. The molecular weight excluding hydrogens is 453 g/mol. The van der Waals surface area contributed by atoms with Crippen molar-refractivity contribution in [1.82, 2.24) is 24.9 Å². The number of hydrogen-bond donors (Lipinski definition) is 2. The zero-order valence-electron chi connectivity index (χ0n) is 13.0. The van der Waals surface area contributed by atoms with E-state index in [0.29, 0.717) is 39.2 Å². The van der Waals surface area contributed by atoms with Gasteiger partial charge in [0.05, 0.1) is 29.3 Å². The number of fused-ring (bicyclic) bond motifs is 2. The highest BCUT2D eigenvalue weighted by Crippen LogP contribution is 2.23. The highest BCUT2D eigenvalue weighted by molar-refractivity contribution is 14.1. The summed E-state index contributed by atoms with van der Waals surface area (Å²) in [4.78, 5) is 31.5. The minimum atomic E-state index is -0.130. The van der Waals surface area contributed by atoms with Gasteiger partial charge in [0.1, 0.15) is 5.82 Å². The van der Waals surface area contributed by atoms with E-state index in [9.17, 15) is 4.79 Å². The Morgan fingerprint density at radius 1 is 1.16 bits per heavy atom. The number of halogens is 1.